The summed E-state index contributed by atoms with van der Waals surface area (Å²) in [4.78, 5) is 28.7. The highest BCUT2D eigenvalue weighted by atomic mass is 16.2. The van der Waals surface area contributed by atoms with Crippen molar-refractivity contribution in [3.8, 4) is 6.07 Å². The van der Waals surface area contributed by atoms with E-state index in [4.69, 9.17) is 0 Å². The Bertz CT molecular complexity index is 713. The van der Waals surface area contributed by atoms with Crippen LogP contribution in [0.25, 0.3) is 0 Å². The van der Waals surface area contributed by atoms with E-state index in [0.29, 0.717) is 17.9 Å². The van der Waals surface area contributed by atoms with Gasteiger partial charge in [0.2, 0.25) is 11.8 Å². The number of anilines is 2. The van der Waals surface area contributed by atoms with Gasteiger partial charge < -0.3 is 9.80 Å². The average molecular weight is 313 g/mol. The van der Waals surface area contributed by atoms with Gasteiger partial charge in [0.25, 0.3) is 0 Å². The molecule has 5 nitrogen and oxygen atoms in total. The van der Waals surface area contributed by atoms with E-state index in [9.17, 15) is 14.9 Å². The summed E-state index contributed by atoms with van der Waals surface area (Å²) < 4.78 is 0. The molecule has 0 N–H and O–H groups in total. The molecule has 1 aliphatic rings. The molecule has 23 heavy (non-hydrogen) atoms. The summed E-state index contributed by atoms with van der Waals surface area (Å²) in [5, 5.41) is 9.35. The Morgan fingerprint density at radius 3 is 2.30 bits per heavy atom. The summed E-state index contributed by atoms with van der Waals surface area (Å²) in [6.07, 6.45) is 0. The molecule has 2 rings (SSSR count). The highest BCUT2D eigenvalue weighted by molar-refractivity contribution is 6.19. The maximum absolute atomic E-state index is 12.8. The lowest BCUT2D eigenvalue weighted by atomic mass is 9.86. The Morgan fingerprint density at radius 1 is 1.17 bits per heavy atom. The first kappa shape index (κ1) is 17.0. The van der Waals surface area contributed by atoms with Crippen LogP contribution in [0.2, 0.25) is 0 Å². The number of carbonyl (C=O) groups excluding carboxylic acids is 2. The number of benzene rings is 1. The minimum atomic E-state index is -1.12. The number of amides is 2. The number of rotatable bonds is 2. The lowest BCUT2D eigenvalue weighted by Crippen LogP contribution is -2.47. The van der Waals surface area contributed by atoms with Gasteiger partial charge in [0, 0.05) is 13.6 Å². The largest absolute Gasteiger partial charge is 0.313 e. The van der Waals surface area contributed by atoms with Crippen molar-refractivity contribution in [2.24, 2.45) is 5.41 Å². The lowest BCUT2D eigenvalue weighted by molar-refractivity contribution is -0.137. The summed E-state index contributed by atoms with van der Waals surface area (Å²) in [6, 6.07) is 7.80. The molecule has 1 aliphatic heterocycles. The molecule has 0 saturated carbocycles. The van der Waals surface area contributed by atoms with Crippen molar-refractivity contribution in [2.75, 3.05) is 23.4 Å². The monoisotopic (exact) mass is 313 g/mol. The van der Waals surface area contributed by atoms with Gasteiger partial charge in [-0.2, -0.15) is 5.26 Å². The highest BCUT2D eigenvalue weighted by Crippen LogP contribution is 2.40. The Hall–Kier alpha value is -2.35. The second-order valence-corrected chi connectivity index (χ2v) is 6.98. The van der Waals surface area contributed by atoms with E-state index in [0.717, 1.165) is 5.56 Å². The fraction of sp³-hybridized carbons (Fsp3) is 0.500. The van der Waals surface area contributed by atoms with Crippen LogP contribution in [0.1, 0.15) is 40.2 Å². The normalized spacial score (nSPS) is 17.6. The summed E-state index contributed by atoms with van der Waals surface area (Å²) in [5.41, 5.74) is 0.408. The third-order valence-corrected chi connectivity index (χ3v) is 4.56. The van der Waals surface area contributed by atoms with Crippen molar-refractivity contribution < 1.29 is 9.59 Å². The highest BCUT2D eigenvalue weighted by Gasteiger charge is 2.45. The molecule has 1 aromatic carbocycles. The molecule has 0 bridgehead atoms. The SMILES string of the molecule is CCN1C(=O)C(C)(C)C(=O)N(C)c2cc(C(C)(C)C#N)ccc21. The van der Waals surface area contributed by atoms with Crippen LogP contribution in [-0.2, 0) is 15.0 Å². The van der Waals surface area contributed by atoms with E-state index < -0.39 is 10.8 Å². The van der Waals surface area contributed by atoms with Crippen molar-refractivity contribution in [1.29, 1.82) is 5.26 Å². The zero-order valence-electron chi connectivity index (χ0n) is 14.6. The standard InChI is InChI=1S/C18H23N3O2/c1-7-21-13-9-8-12(17(2,3)11-19)10-14(13)20(6)15(22)18(4,5)16(21)23/h8-10H,7H2,1-6H3. The molecule has 0 unspecified atom stereocenters. The Labute approximate surface area is 137 Å². The molecular weight excluding hydrogens is 290 g/mol. The van der Waals surface area contributed by atoms with Crippen molar-refractivity contribution in [3.63, 3.8) is 0 Å². The maximum atomic E-state index is 12.8. The number of nitrogens with zero attached hydrogens (tertiary/aromatic N) is 3. The van der Waals surface area contributed by atoms with E-state index in [1.165, 1.54) is 4.90 Å². The zero-order chi connectivity index (χ0) is 17.6. The average Bonchev–Trinajstić information content (AvgIpc) is 2.57. The molecule has 0 fully saturated rings. The number of fused-ring (bicyclic) bond motifs is 1. The minimum Gasteiger partial charge on any atom is -0.313 e. The smallest absolute Gasteiger partial charge is 0.242 e. The van der Waals surface area contributed by atoms with Crippen molar-refractivity contribution in [3.05, 3.63) is 23.8 Å². The van der Waals surface area contributed by atoms with Crippen LogP contribution in [0.15, 0.2) is 18.2 Å². The van der Waals surface area contributed by atoms with Crippen LogP contribution >= 0.6 is 0 Å². The van der Waals surface area contributed by atoms with Crippen molar-refractivity contribution in [1.82, 2.24) is 0 Å². The molecule has 0 atom stereocenters. The molecule has 122 valence electrons. The van der Waals surface area contributed by atoms with Gasteiger partial charge >= 0.3 is 0 Å². The van der Waals surface area contributed by atoms with Crippen LogP contribution < -0.4 is 9.80 Å². The van der Waals surface area contributed by atoms with Crippen molar-refractivity contribution >= 4 is 23.2 Å². The van der Waals surface area contributed by atoms with Gasteiger partial charge in [-0.3, -0.25) is 9.59 Å². The van der Waals surface area contributed by atoms with E-state index in [-0.39, 0.29) is 11.8 Å². The van der Waals surface area contributed by atoms with Gasteiger partial charge in [0.15, 0.2) is 0 Å². The molecule has 0 spiro atoms. The molecule has 5 heteroatoms. The van der Waals surface area contributed by atoms with Gasteiger partial charge in [0.05, 0.1) is 22.9 Å². The lowest BCUT2D eigenvalue weighted by Gasteiger charge is -2.27. The zero-order valence-corrected chi connectivity index (χ0v) is 14.6. The first-order chi connectivity index (χ1) is 10.6. The quantitative estimate of drug-likeness (QED) is 0.789. The molecule has 2 amide bonds. The first-order valence-electron chi connectivity index (χ1n) is 7.73. The third-order valence-electron chi connectivity index (χ3n) is 4.56. The predicted octanol–water partition coefficient (Wildman–Crippen LogP) is 2.84. The third kappa shape index (κ3) is 2.48. The Morgan fingerprint density at radius 2 is 1.78 bits per heavy atom. The summed E-state index contributed by atoms with van der Waals surface area (Å²) in [7, 11) is 1.68. The summed E-state index contributed by atoms with van der Waals surface area (Å²) in [5.74, 6) is -0.450. The predicted molar refractivity (Wildman–Crippen MR) is 90.3 cm³/mol. The Balaban J connectivity index is 2.73. The van der Waals surface area contributed by atoms with Crippen LogP contribution in [0.3, 0.4) is 0 Å². The van der Waals surface area contributed by atoms with Crippen LogP contribution in [0.5, 0.6) is 0 Å². The fourth-order valence-corrected chi connectivity index (χ4v) is 2.85. The van der Waals surface area contributed by atoms with Crippen molar-refractivity contribution in [2.45, 2.75) is 40.0 Å². The van der Waals surface area contributed by atoms with Gasteiger partial charge in [0.1, 0.15) is 5.41 Å². The van der Waals surface area contributed by atoms with E-state index in [2.05, 4.69) is 6.07 Å². The molecule has 0 aromatic heterocycles. The first-order valence-corrected chi connectivity index (χ1v) is 7.73. The number of hydrogen-bond acceptors (Lipinski definition) is 3. The summed E-state index contributed by atoms with van der Waals surface area (Å²) in [6.45, 7) is 9.35. The van der Waals surface area contributed by atoms with Crippen LogP contribution in [0.4, 0.5) is 11.4 Å². The van der Waals surface area contributed by atoms with Gasteiger partial charge in [-0.1, -0.05) is 6.07 Å². The molecule has 0 aliphatic carbocycles. The fourth-order valence-electron chi connectivity index (χ4n) is 2.85. The number of nitriles is 1. The molecule has 0 saturated heterocycles. The van der Waals surface area contributed by atoms with E-state index >= 15 is 0 Å². The maximum Gasteiger partial charge on any atom is 0.242 e. The topological polar surface area (TPSA) is 64.4 Å². The number of carbonyl (C=O) groups is 2. The van der Waals surface area contributed by atoms with Gasteiger partial charge in [-0.05, 0) is 52.3 Å². The molecule has 0 radical (unpaired) electrons. The minimum absolute atomic E-state index is 0.206. The second-order valence-electron chi connectivity index (χ2n) is 6.98. The molecule has 1 aromatic rings. The number of hydrogen-bond donors (Lipinski definition) is 0. The Kier molecular flexibility index (Phi) is 3.98. The van der Waals surface area contributed by atoms with Gasteiger partial charge in [-0.25, -0.2) is 0 Å². The van der Waals surface area contributed by atoms with E-state index in [1.54, 1.807) is 25.8 Å². The van der Waals surface area contributed by atoms with Gasteiger partial charge in [-0.15, -0.1) is 0 Å². The molecule has 1 heterocycles. The van der Waals surface area contributed by atoms with Crippen LogP contribution in [0, 0.1) is 16.7 Å². The second kappa shape index (κ2) is 5.38. The summed E-state index contributed by atoms with van der Waals surface area (Å²) >= 11 is 0. The molecular formula is C18H23N3O2. The van der Waals surface area contributed by atoms with Crippen LogP contribution in [-0.4, -0.2) is 25.4 Å². The van der Waals surface area contributed by atoms with E-state index in [1.807, 2.05) is 39.0 Å².